The number of nitrogens with one attached hydrogen (secondary N) is 1. The molecule has 116 valence electrons. The molecule has 3 rings (SSSR count). The molecule has 1 unspecified atom stereocenters. The largest absolute Gasteiger partial charge is 0.376 e. The highest BCUT2D eigenvalue weighted by Crippen LogP contribution is 2.27. The van der Waals surface area contributed by atoms with Crippen LogP contribution < -0.4 is 5.32 Å². The lowest BCUT2D eigenvalue weighted by Gasteiger charge is -2.10. The molecule has 2 aromatic rings. The van der Waals surface area contributed by atoms with E-state index in [9.17, 15) is 4.79 Å². The number of ether oxygens (including phenoxy) is 1. The number of carbonyl (C=O) groups excluding carboxylic acids is 1. The number of thiazole rings is 1. The second-order valence-corrected chi connectivity index (χ2v) is 7.17. The molecular weight excluding hydrogens is 316 g/mol. The second kappa shape index (κ2) is 7.76. The van der Waals surface area contributed by atoms with Gasteiger partial charge in [-0.05, 0) is 12.8 Å². The molecule has 2 heterocycles. The van der Waals surface area contributed by atoms with Gasteiger partial charge in [-0.3, -0.25) is 4.79 Å². The predicted molar refractivity (Wildman–Crippen MR) is 90.3 cm³/mol. The Hall–Kier alpha value is -1.37. The first-order valence-corrected chi connectivity index (χ1v) is 9.20. The highest BCUT2D eigenvalue weighted by Gasteiger charge is 2.16. The van der Waals surface area contributed by atoms with Gasteiger partial charge in [0.25, 0.3) is 0 Å². The number of benzene rings is 1. The molecule has 0 saturated carbocycles. The second-order valence-electron chi connectivity index (χ2n) is 5.09. The molecule has 0 spiro atoms. The molecule has 0 radical (unpaired) electrons. The zero-order valence-corrected chi connectivity index (χ0v) is 13.8. The van der Waals surface area contributed by atoms with Crippen molar-refractivity contribution in [3.05, 3.63) is 35.7 Å². The summed E-state index contributed by atoms with van der Waals surface area (Å²) in [6, 6.07) is 10.1. The Kier molecular flexibility index (Phi) is 5.48. The maximum atomic E-state index is 11.8. The fourth-order valence-corrected chi connectivity index (χ4v) is 3.94. The van der Waals surface area contributed by atoms with E-state index in [1.54, 1.807) is 11.3 Å². The maximum absolute atomic E-state index is 11.8. The van der Waals surface area contributed by atoms with Crippen LogP contribution >= 0.6 is 23.1 Å². The number of nitrogens with zero attached hydrogens (tertiary/aromatic N) is 1. The smallest absolute Gasteiger partial charge is 0.230 e. The van der Waals surface area contributed by atoms with E-state index in [0.717, 1.165) is 35.0 Å². The van der Waals surface area contributed by atoms with Gasteiger partial charge in [-0.15, -0.1) is 11.3 Å². The molecule has 1 aromatic carbocycles. The third-order valence-electron chi connectivity index (χ3n) is 3.43. The summed E-state index contributed by atoms with van der Waals surface area (Å²) in [5.74, 6) is 0.436. The van der Waals surface area contributed by atoms with Gasteiger partial charge in [0.05, 0.1) is 17.6 Å². The average molecular weight is 334 g/mol. The molecule has 1 atom stereocenters. The summed E-state index contributed by atoms with van der Waals surface area (Å²) in [5, 5.41) is 4.96. The Morgan fingerprint density at radius 3 is 3.05 bits per heavy atom. The number of thioether (sulfide) groups is 1. The molecule has 1 N–H and O–H groups in total. The van der Waals surface area contributed by atoms with Crippen LogP contribution in [0.15, 0.2) is 40.1 Å². The highest BCUT2D eigenvalue weighted by atomic mass is 32.2. The predicted octanol–water partition coefficient (Wildman–Crippen LogP) is 3.20. The van der Waals surface area contributed by atoms with Crippen LogP contribution in [0.4, 0.5) is 0 Å². The first kappa shape index (κ1) is 15.5. The van der Waals surface area contributed by atoms with Gasteiger partial charge in [0, 0.05) is 24.1 Å². The lowest BCUT2D eigenvalue weighted by molar-refractivity contribution is -0.119. The lowest BCUT2D eigenvalue weighted by Crippen LogP contribution is -2.32. The van der Waals surface area contributed by atoms with E-state index >= 15 is 0 Å². The van der Waals surface area contributed by atoms with Gasteiger partial charge in [-0.2, -0.15) is 0 Å². The van der Waals surface area contributed by atoms with Crippen molar-refractivity contribution >= 4 is 29.0 Å². The van der Waals surface area contributed by atoms with Crippen molar-refractivity contribution in [3.8, 4) is 11.3 Å². The third kappa shape index (κ3) is 4.32. The zero-order valence-electron chi connectivity index (χ0n) is 12.2. The van der Waals surface area contributed by atoms with Crippen molar-refractivity contribution in [2.75, 3.05) is 18.9 Å². The summed E-state index contributed by atoms with van der Waals surface area (Å²) >= 11 is 3.06. The van der Waals surface area contributed by atoms with Crippen LogP contribution in [0.2, 0.25) is 0 Å². The first-order chi connectivity index (χ1) is 10.8. The van der Waals surface area contributed by atoms with E-state index < -0.39 is 0 Å². The molecule has 6 heteroatoms. The number of aromatic nitrogens is 1. The van der Waals surface area contributed by atoms with E-state index in [-0.39, 0.29) is 12.0 Å². The molecule has 0 bridgehead atoms. The minimum atomic E-state index is 0.0389. The molecule has 4 nitrogen and oxygen atoms in total. The Labute approximate surface area is 138 Å². The number of rotatable bonds is 6. The summed E-state index contributed by atoms with van der Waals surface area (Å²) in [7, 11) is 0. The van der Waals surface area contributed by atoms with Crippen molar-refractivity contribution in [1.29, 1.82) is 0 Å². The molecule has 1 aliphatic heterocycles. The summed E-state index contributed by atoms with van der Waals surface area (Å²) < 4.78 is 6.41. The van der Waals surface area contributed by atoms with E-state index in [0.29, 0.717) is 12.3 Å². The van der Waals surface area contributed by atoms with Crippen LogP contribution in [-0.4, -0.2) is 35.9 Å². The molecule has 1 amide bonds. The van der Waals surface area contributed by atoms with E-state index in [4.69, 9.17) is 4.74 Å². The van der Waals surface area contributed by atoms with E-state index in [1.807, 2.05) is 35.7 Å². The molecule has 22 heavy (non-hydrogen) atoms. The van der Waals surface area contributed by atoms with Crippen molar-refractivity contribution < 1.29 is 9.53 Å². The van der Waals surface area contributed by atoms with Crippen molar-refractivity contribution in [3.63, 3.8) is 0 Å². The third-order valence-corrected chi connectivity index (χ3v) is 5.45. The molecule has 1 saturated heterocycles. The normalized spacial score (nSPS) is 17.5. The van der Waals surface area contributed by atoms with Crippen molar-refractivity contribution in [2.45, 2.75) is 23.3 Å². The zero-order chi connectivity index (χ0) is 15.2. The van der Waals surface area contributed by atoms with Gasteiger partial charge in [-0.25, -0.2) is 4.98 Å². The Balaban J connectivity index is 1.45. The maximum Gasteiger partial charge on any atom is 0.230 e. The van der Waals surface area contributed by atoms with Gasteiger partial charge >= 0.3 is 0 Å². The van der Waals surface area contributed by atoms with Gasteiger partial charge in [-0.1, -0.05) is 42.1 Å². The lowest BCUT2D eigenvalue weighted by atomic mass is 10.2. The van der Waals surface area contributed by atoms with Gasteiger partial charge in [0.1, 0.15) is 0 Å². The van der Waals surface area contributed by atoms with Crippen LogP contribution in [0.25, 0.3) is 11.3 Å². The molecule has 1 aliphatic rings. The Bertz CT molecular complexity index is 610. The molecule has 0 aliphatic carbocycles. The Morgan fingerprint density at radius 1 is 1.41 bits per heavy atom. The van der Waals surface area contributed by atoms with Gasteiger partial charge in [0.15, 0.2) is 4.34 Å². The molecule has 1 aromatic heterocycles. The van der Waals surface area contributed by atoms with Crippen molar-refractivity contribution in [2.24, 2.45) is 0 Å². The summed E-state index contributed by atoms with van der Waals surface area (Å²) in [6.45, 7) is 1.43. The van der Waals surface area contributed by atoms with Crippen molar-refractivity contribution in [1.82, 2.24) is 10.3 Å². The van der Waals surface area contributed by atoms with Crippen LogP contribution in [0.1, 0.15) is 12.8 Å². The average Bonchev–Trinajstić information content (AvgIpc) is 3.23. The first-order valence-electron chi connectivity index (χ1n) is 7.33. The number of hydrogen-bond donors (Lipinski definition) is 1. The Morgan fingerprint density at radius 2 is 2.27 bits per heavy atom. The van der Waals surface area contributed by atoms with Crippen LogP contribution in [0.3, 0.4) is 0 Å². The molecular formula is C16H18N2O2S2. The minimum absolute atomic E-state index is 0.0389. The summed E-state index contributed by atoms with van der Waals surface area (Å²) in [5.41, 5.74) is 2.07. The van der Waals surface area contributed by atoms with Gasteiger partial charge < -0.3 is 10.1 Å². The van der Waals surface area contributed by atoms with Gasteiger partial charge in [0.2, 0.25) is 5.91 Å². The summed E-state index contributed by atoms with van der Waals surface area (Å²) in [4.78, 5) is 16.4. The van der Waals surface area contributed by atoms with E-state index in [1.165, 1.54) is 11.8 Å². The number of amides is 1. The quantitative estimate of drug-likeness (QED) is 0.824. The van der Waals surface area contributed by atoms with Crippen LogP contribution in [-0.2, 0) is 9.53 Å². The fraction of sp³-hybridized carbons (Fsp3) is 0.375. The van der Waals surface area contributed by atoms with Crippen LogP contribution in [0.5, 0.6) is 0 Å². The molecule has 1 fully saturated rings. The fourth-order valence-electron chi connectivity index (χ4n) is 2.28. The minimum Gasteiger partial charge on any atom is -0.376 e. The monoisotopic (exact) mass is 334 g/mol. The highest BCUT2D eigenvalue weighted by molar-refractivity contribution is 8.01. The number of hydrogen-bond acceptors (Lipinski definition) is 5. The standard InChI is InChI=1S/C16H18N2O2S2/c19-15(17-9-13-7-4-8-20-13)11-22-16-18-14(10-21-16)12-5-2-1-3-6-12/h1-3,5-6,10,13H,4,7-9,11H2,(H,17,19). The topological polar surface area (TPSA) is 51.2 Å². The summed E-state index contributed by atoms with van der Waals surface area (Å²) in [6.07, 6.45) is 2.33. The SMILES string of the molecule is O=C(CSc1nc(-c2ccccc2)cs1)NCC1CCCO1. The number of carbonyl (C=O) groups is 1. The van der Waals surface area contributed by atoms with Crippen LogP contribution in [0, 0.1) is 0 Å². The van der Waals surface area contributed by atoms with E-state index in [2.05, 4.69) is 10.3 Å².